The minimum atomic E-state index is -0.398. The van der Waals surface area contributed by atoms with Gasteiger partial charge in [0.05, 0.1) is 19.2 Å². The Morgan fingerprint density at radius 1 is 1.20 bits per heavy atom. The average molecular weight is 490 g/mol. The third kappa shape index (κ3) is 4.62. The summed E-state index contributed by atoms with van der Waals surface area (Å²) in [5, 5.41) is 12.0. The van der Waals surface area contributed by atoms with Crippen molar-refractivity contribution in [2.45, 2.75) is 50.6 Å². The van der Waals surface area contributed by atoms with Gasteiger partial charge in [-0.2, -0.15) is 0 Å². The second-order valence-corrected chi connectivity index (χ2v) is 10.9. The summed E-state index contributed by atoms with van der Waals surface area (Å²) >= 11 is 1.71. The Balaban J connectivity index is 1.31. The van der Waals surface area contributed by atoms with E-state index >= 15 is 0 Å². The van der Waals surface area contributed by atoms with Gasteiger partial charge in [-0.3, -0.25) is 19.9 Å². The number of hydrogen-bond donors (Lipinski definition) is 1. The number of ether oxygens (including phenoxy) is 1. The van der Waals surface area contributed by atoms with Gasteiger partial charge in [-0.1, -0.05) is 25.1 Å². The minimum absolute atomic E-state index is 0.00263. The Morgan fingerprint density at radius 3 is 2.86 bits per heavy atom. The van der Waals surface area contributed by atoms with E-state index in [9.17, 15) is 9.59 Å². The van der Waals surface area contributed by atoms with E-state index in [0.29, 0.717) is 37.4 Å². The van der Waals surface area contributed by atoms with Gasteiger partial charge >= 0.3 is 0 Å². The molecule has 182 valence electrons. The lowest BCUT2D eigenvalue weighted by Crippen LogP contribution is -2.48. The molecule has 3 aromatic rings. The van der Waals surface area contributed by atoms with Crippen LogP contribution in [0.5, 0.6) is 0 Å². The molecular weight excluding hydrogens is 458 g/mol. The van der Waals surface area contributed by atoms with Crippen molar-refractivity contribution >= 4 is 39.1 Å². The van der Waals surface area contributed by atoms with Crippen LogP contribution in [-0.4, -0.2) is 53.8 Å². The second kappa shape index (κ2) is 9.55. The summed E-state index contributed by atoms with van der Waals surface area (Å²) in [6, 6.07) is 16.1. The smallest absolute Gasteiger partial charge is 0.254 e. The van der Waals surface area contributed by atoms with Crippen LogP contribution in [0.2, 0.25) is 0 Å². The maximum Gasteiger partial charge on any atom is 0.254 e. The highest BCUT2D eigenvalue weighted by Crippen LogP contribution is 2.38. The zero-order valence-electron chi connectivity index (χ0n) is 20.3. The molecule has 2 amide bonds. The van der Waals surface area contributed by atoms with Crippen molar-refractivity contribution in [3.8, 4) is 0 Å². The van der Waals surface area contributed by atoms with E-state index in [1.165, 1.54) is 10.1 Å². The van der Waals surface area contributed by atoms with Crippen LogP contribution in [-0.2, 0) is 21.5 Å². The molecule has 7 heteroatoms. The maximum atomic E-state index is 13.3. The van der Waals surface area contributed by atoms with Crippen LogP contribution in [0.1, 0.15) is 54.1 Å². The molecule has 35 heavy (non-hydrogen) atoms. The Kier molecular flexibility index (Phi) is 6.47. The molecular formula is C28H31N3O3S. The number of thiophene rings is 1. The third-order valence-corrected chi connectivity index (χ3v) is 8.28. The molecule has 0 spiro atoms. The maximum absolute atomic E-state index is 13.3. The van der Waals surface area contributed by atoms with Crippen molar-refractivity contribution < 1.29 is 14.3 Å². The molecule has 5 rings (SSSR count). The molecule has 2 aliphatic heterocycles. The molecule has 2 saturated heterocycles. The fraction of sp³-hybridized carbons (Fsp3) is 0.393. The Hall–Kier alpha value is -3.03. The van der Waals surface area contributed by atoms with Crippen molar-refractivity contribution in [3.63, 3.8) is 0 Å². The number of amidine groups is 1. The van der Waals surface area contributed by atoms with E-state index < -0.39 is 5.41 Å². The quantitative estimate of drug-likeness (QED) is 0.517. The average Bonchev–Trinajstić information content (AvgIpc) is 3.50. The van der Waals surface area contributed by atoms with Crippen LogP contribution >= 0.6 is 11.3 Å². The number of methoxy groups -OCH3 is 1. The standard InChI is InChI=1S/C28H31N3O3S/c1-28(22-8-9-24-20(14-22)10-12-35-24)15-25(29)31(26(32)16-28)17-19-5-3-6-21(13-19)27(33)30-11-4-7-23(30)18-34-2/h3,5-6,8-10,12-14,23,29H,4,7,11,15-18H2,1-2H3/t23-,28+/m1/s1. The number of hydrogen-bond acceptors (Lipinski definition) is 5. The van der Waals surface area contributed by atoms with Crippen LogP contribution in [0.25, 0.3) is 10.1 Å². The Morgan fingerprint density at radius 2 is 2.06 bits per heavy atom. The fourth-order valence-electron chi connectivity index (χ4n) is 5.46. The molecule has 2 aliphatic rings. The molecule has 1 N–H and O–H groups in total. The normalized spacial score (nSPS) is 22.9. The summed E-state index contributed by atoms with van der Waals surface area (Å²) in [7, 11) is 1.66. The van der Waals surface area contributed by atoms with Crippen molar-refractivity contribution in [2.75, 3.05) is 20.3 Å². The van der Waals surface area contributed by atoms with Gasteiger partial charge in [-0.15, -0.1) is 11.3 Å². The van der Waals surface area contributed by atoms with E-state index in [1.807, 2.05) is 29.2 Å². The summed E-state index contributed by atoms with van der Waals surface area (Å²) in [5.74, 6) is 0.277. The molecule has 0 unspecified atom stereocenters. The lowest BCUT2D eigenvalue weighted by Gasteiger charge is -2.39. The number of benzene rings is 2. The zero-order valence-corrected chi connectivity index (χ0v) is 21.1. The number of nitrogens with zero attached hydrogens (tertiary/aromatic N) is 2. The lowest BCUT2D eigenvalue weighted by molar-refractivity contribution is -0.130. The molecule has 2 aromatic carbocycles. The van der Waals surface area contributed by atoms with E-state index in [2.05, 4.69) is 36.6 Å². The van der Waals surface area contributed by atoms with Crippen LogP contribution in [0.3, 0.4) is 0 Å². The van der Waals surface area contributed by atoms with Crippen molar-refractivity contribution in [1.29, 1.82) is 5.41 Å². The number of rotatable bonds is 6. The second-order valence-electron chi connectivity index (χ2n) is 9.96. The molecule has 0 radical (unpaired) electrons. The summed E-state index contributed by atoms with van der Waals surface area (Å²) in [6.45, 7) is 3.67. The van der Waals surface area contributed by atoms with Crippen LogP contribution in [0, 0.1) is 5.41 Å². The Bertz CT molecular complexity index is 1270. The third-order valence-electron chi connectivity index (χ3n) is 7.39. The predicted octanol–water partition coefficient (Wildman–Crippen LogP) is 5.21. The first-order valence-corrected chi connectivity index (χ1v) is 13.0. The van der Waals surface area contributed by atoms with Gasteiger partial charge < -0.3 is 9.64 Å². The zero-order chi connectivity index (χ0) is 24.6. The number of fused-ring (bicyclic) bond motifs is 1. The minimum Gasteiger partial charge on any atom is -0.383 e. The van der Waals surface area contributed by atoms with E-state index in [-0.39, 0.29) is 17.9 Å². The Labute approximate surface area is 210 Å². The number of nitrogens with one attached hydrogen (secondary N) is 1. The molecule has 0 saturated carbocycles. The molecule has 2 fully saturated rings. The largest absolute Gasteiger partial charge is 0.383 e. The van der Waals surface area contributed by atoms with Crippen molar-refractivity contribution in [2.24, 2.45) is 0 Å². The first-order chi connectivity index (χ1) is 16.9. The number of amides is 2. The topological polar surface area (TPSA) is 73.7 Å². The number of piperidine rings is 1. The van der Waals surface area contributed by atoms with E-state index in [0.717, 1.165) is 30.5 Å². The number of likely N-dealkylation sites (tertiary alicyclic amines) is 2. The molecule has 0 aliphatic carbocycles. The number of carbonyl (C=O) groups is 2. The summed E-state index contributed by atoms with van der Waals surface area (Å²) in [5.41, 5.74) is 2.19. The van der Waals surface area contributed by atoms with E-state index in [1.54, 1.807) is 23.3 Å². The monoisotopic (exact) mass is 489 g/mol. The van der Waals surface area contributed by atoms with Crippen molar-refractivity contribution in [1.82, 2.24) is 9.80 Å². The SMILES string of the molecule is COC[C@H]1CCCN1C(=O)c1cccc(CN2C(=N)C[C@](C)(c3ccc4sccc4c3)CC2=O)c1. The lowest BCUT2D eigenvalue weighted by atomic mass is 9.73. The van der Waals surface area contributed by atoms with Crippen LogP contribution in [0.15, 0.2) is 53.9 Å². The van der Waals surface area contributed by atoms with Crippen LogP contribution < -0.4 is 0 Å². The highest BCUT2D eigenvalue weighted by atomic mass is 32.1. The summed E-state index contributed by atoms with van der Waals surface area (Å²) < 4.78 is 6.52. The number of carbonyl (C=O) groups excluding carboxylic acids is 2. The van der Waals surface area contributed by atoms with Crippen LogP contribution in [0.4, 0.5) is 0 Å². The summed E-state index contributed by atoms with van der Waals surface area (Å²) in [4.78, 5) is 29.9. The molecule has 1 aromatic heterocycles. The van der Waals surface area contributed by atoms with Gasteiger partial charge in [0.25, 0.3) is 5.91 Å². The predicted molar refractivity (Wildman–Crippen MR) is 139 cm³/mol. The van der Waals surface area contributed by atoms with Gasteiger partial charge in [0.15, 0.2) is 0 Å². The van der Waals surface area contributed by atoms with E-state index in [4.69, 9.17) is 10.1 Å². The molecule has 0 bridgehead atoms. The highest BCUT2D eigenvalue weighted by Gasteiger charge is 2.40. The molecule has 6 nitrogen and oxygen atoms in total. The van der Waals surface area contributed by atoms with Gasteiger partial charge in [-0.25, -0.2) is 0 Å². The van der Waals surface area contributed by atoms with Gasteiger partial charge in [0.2, 0.25) is 5.91 Å². The van der Waals surface area contributed by atoms with Gasteiger partial charge in [-0.05, 0) is 65.1 Å². The fourth-order valence-corrected chi connectivity index (χ4v) is 6.23. The summed E-state index contributed by atoms with van der Waals surface area (Å²) in [6.07, 6.45) is 2.80. The van der Waals surface area contributed by atoms with Gasteiger partial charge in [0.1, 0.15) is 5.84 Å². The first kappa shape index (κ1) is 23.7. The highest BCUT2D eigenvalue weighted by molar-refractivity contribution is 7.17. The van der Waals surface area contributed by atoms with Gasteiger partial charge in [0, 0.05) is 42.2 Å². The van der Waals surface area contributed by atoms with Crippen molar-refractivity contribution in [3.05, 3.63) is 70.6 Å². The molecule has 3 heterocycles. The molecule has 2 atom stereocenters. The first-order valence-electron chi connectivity index (χ1n) is 12.1.